The summed E-state index contributed by atoms with van der Waals surface area (Å²) in [5, 5.41) is 0. The van der Waals surface area contributed by atoms with Crippen LogP contribution in [0, 0.1) is 11.3 Å². The third-order valence-corrected chi connectivity index (χ3v) is 4.81. The van der Waals surface area contributed by atoms with Crippen molar-refractivity contribution in [2.24, 2.45) is 11.3 Å². The van der Waals surface area contributed by atoms with E-state index in [1.807, 2.05) is 20.8 Å². The van der Waals surface area contributed by atoms with Crippen LogP contribution in [0.3, 0.4) is 0 Å². The van der Waals surface area contributed by atoms with E-state index in [0.29, 0.717) is 25.9 Å². The summed E-state index contributed by atoms with van der Waals surface area (Å²) in [6.07, 6.45) is -3.11. The second-order valence-electron chi connectivity index (χ2n) is 8.19. The van der Waals surface area contributed by atoms with E-state index in [9.17, 15) is 22.8 Å². The molecular weight excluding hydrogens is 357 g/mol. The van der Waals surface area contributed by atoms with Crippen molar-refractivity contribution in [3.8, 4) is 0 Å². The SMILES string of the molecule is CN(Cc1ccccc1C(F)(F)F)C(=O)C1CCCN(C(=O)C(C)(C)C)C1. The number of amides is 2. The van der Waals surface area contributed by atoms with Crippen molar-refractivity contribution in [3.63, 3.8) is 0 Å². The fourth-order valence-electron chi connectivity index (χ4n) is 3.42. The minimum atomic E-state index is -4.46. The lowest BCUT2D eigenvalue weighted by Gasteiger charge is -2.37. The van der Waals surface area contributed by atoms with E-state index in [0.717, 1.165) is 6.07 Å². The number of rotatable bonds is 3. The van der Waals surface area contributed by atoms with Gasteiger partial charge in [0, 0.05) is 32.1 Å². The monoisotopic (exact) mass is 384 g/mol. The highest BCUT2D eigenvalue weighted by molar-refractivity contribution is 5.83. The first-order valence-electron chi connectivity index (χ1n) is 9.10. The molecule has 0 bridgehead atoms. The Bertz CT molecular complexity index is 695. The normalized spacial score (nSPS) is 18.3. The molecule has 1 aliphatic heterocycles. The zero-order chi connectivity index (χ0) is 20.4. The van der Waals surface area contributed by atoms with Crippen molar-refractivity contribution < 1.29 is 22.8 Å². The Morgan fingerprint density at radius 1 is 1.19 bits per heavy atom. The summed E-state index contributed by atoms with van der Waals surface area (Å²) < 4.78 is 39.5. The van der Waals surface area contributed by atoms with Gasteiger partial charge < -0.3 is 9.80 Å². The summed E-state index contributed by atoms with van der Waals surface area (Å²) in [5.74, 6) is -0.614. The highest BCUT2D eigenvalue weighted by atomic mass is 19.4. The van der Waals surface area contributed by atoms with Crippen molar-refractivity contribution in [2.75, 3.05) is 20.1 Å². The first kappa shape index (κ1) is 21.3. The van der Waals surface area contributed by atoms with E-state index in [-0.39, 0.29) is 29.8 Å². The molecule has 1 unspecified atom stereocenters. The number of likely N-dealkylation sites (tertiary alicyclic amines) is 1. The average Bonchev–Trinajstić information content (AvgIpc) is 2.59. The van der Waals surface area contributed by atoms with Crippen molar-refractivity contribution >= 4 is 11.8 Å². The molecule has 150 valence electrons. The lowest BCUT2D eigenvalue weighted by molar-refractivity contribution is -0.146. The molecule has 0 saturated carbocycles. The quantitative estimate of drug-likeness (QED) is 0.792. The molecule has 2 rings (SSSR count). The standard InChI is InChI=1S/C20H27F3N2O2/c1-19(2,3)18(27)25-11-7-9-15(13-25)17(26)24(4)12-14-8-5-6-10-16(14)20(21,22)23/h5-6,8,10,15H,7,9,11-13H2,1-4H3. The number of hydrogen-bond donors (Lipinski definition) is 0. The van der Waals surface area contributed by atoms with Crippen molar-refractivity contribution in [2.45, 2.75) is 46.3 Å². The molecule has 27 heavy (non-hydrogen) atoms. The Labute approximate surface area is 158 Å². The van der Waals surface area contributed by atoms with Gasteiger partial charge >= 0.3 is 6.18 Å². The first-order valence-corrected chi connectivity index (χ1v) is 9.10. The number of carbonyl (C=O) groups excluding carboxylic acids is 2. The highest BCUT2D eigenvalue weighted by Gasteiger charge is 2.36. The van der Waals surface area contributed by atoms with Gasteiger partial charge in [-0.25, -0.2) is 0 Å². The number of carbonyl (C=O) groups is 2. The molecule has 1 saturated heterocycles. The van der Waals surface area contributed by atoms with Gasteiger partial charge in [0.15, 0.2) is 0 Å². The topological polar surface area (TPSA) is 40.6 Å². The maximum absolute atomic E-state index is 13.2. The highest BCUT2D eigenvalue weighted by Crippen LogP contribution is 2.32. The molecule has 1 aromatic carbocycles. The van der Waals surface area contributed by atoms with E-state index < -0.39 is 17.2 Å². The Hall–Kier alpha value is -2.05. The Morgan fingerprint density at radius 3 is 2.41 bits per heavy atom. The van der Waals surface area contributed by atoms with Crippen LogP contribution in [0.1, 0.15) is 44.7 Å². The lowest BCUT2D eigenvalue weighted by Crippen LogP contribution is -2.48. The van der Waals surface area contributed by atoms with E-state index in [2.05, 4.69) is 0 Å². The van der Waals surface area contributed by atoms with Crippen LogP contribution >= 0.6 is 0 Å². The number of halogens is 3. The molecule has 1 atom stereocenters. The second-order valence-corrected chi connectivity index (χ2v) is 8.19. The molecule has 0 N–H and O–H groups in total. The van der Waals surface area contributed by atoms with Crippen LogP contribution in [0.4, 0.5) is 13.2 Å². The third kappa shape index (κ3) is 5.23. The number of hydrogen-bond acceptors (Lipinski definition) is 2. The third-order valence-electron chi connectivity index (χ3n) is 4.81. The molecule has 1 aliphatic rings. The fourth-order valence-corrected chi connectivity index (χ4v) is 3.42. The molecule has 0 radical (unpaired) electrons. The molecule has 2 amide bonds. The van der Waals surface area contributed by atoms with Crippen LogP contribution in [0.2, 0.25) is 0 Å². The molecular formula is C20H27F3N2O2. The summed E-state index contributed by atoms with van der Waals surface area (Å²) in [4.78, 5) is 28.3. The van der Waals surface area contributed by atoms with Crippen molar-refractivity contribution in [3.05, 3.63) is 35.4 Å². The predicted molar refractivity (Wildman–Crippen MR) is 96.7 cm³/mol. The molecule has 1 fully saturated rings. The van der Waals surface area contributed by atoms with Crippen LogP contribution in [0.5, 0.6) is 0 Å². The molecule has 1 aromatic rings. The Morgan fingerprint density at radius 2 is 1.81 bits per heavy atom. The number of nitrogens with zero attached hydrogens (tertiary/aromatic N) is 2. The van der Waals surface area contributed by atoms with E-state index in [4.69, 9.17) is 0 Å². The van der Waals surface area contributed by atoms with Crippen LogP contribution in [-0.2, 0) is 22.3 Å². The van der Waals surface area contributed by atoms with Crippen molar-refractivity contribution in [1.29, 1.82) is 0 Å². The zero-order valence-electron chi connectivity index (χ0n) is 16.3. The molecule has 7 heteroatoms. The minimum absolute atomic E-state index is 0.00919. The Kier molecular flexibility index (Phi) is 6.22. The molecule has 0 aromatic heterocycles. The van der Waals surface area contributed by atoms with Gasteiger partial charge in [-0.2, -0.15) is 13.2 Å². The van der Waals surface area contributed by atoms with E-state index >= 15 is 0 Å². The molecule has 0 aliphatic carbocycles. The average molecular weight is 384 g/mol. The van der Waals surface area contributed by atoms with Gasteiger partial charge in [0.1, 0.15) is 0 Å². The smallest absolute Gasteiger partial charge is 0.341 e. The maximum Gasteiger partial charge on any atom is 0.416 e. The summed E-state index contributed by atoms with van der Waals surface area (Å²) in [6.45, 7) is 6.32. The van der Waals surface area contributed by atoms with Crippen LogP contribution in [0.15, 0.2) is 24.3 Å². The van der Waals surface area contributed by atoms with Gasteiger partial charge in [0.2, 0.25) is 11.8 Å². The largest absolute Gasteiger partial charge is 0.416 e. The van der Waals surface area contributed by atoms with Crippen LogP contribution < -0.4 is 0 Å². The first-order chi connectivity index (χ1) is 12.4. The summed E-state index contributed by atoms with van der Waals surface area (Å²) in [5.41, 5.74) is -1.18. The van der Waals surface area contributed by atoms with Crippen molar-refractivity contribution in [1.82, 2.24) is 9.80 Å². The van der Waals surface area contributed by atoms with Gasteiger partial charge in [0.05, 0.1) is 11.5 Å². The van der Waals surface area contributed by atoms with E-state index in [1.54, 1.807) is 4.90 Å². The van der Waals surface area contributed by atoms with E-state index in [1.165, 1.54) is 30.1 Å². The lowest BCUT2D eigenvalue weighted by atomic mass is 9.90. The minimum Gasteiger partial charge on any atom is -0.341 e. The number of piperidine rings is 1. The zero-order valence-corrected chi connectivity index (χ0v) is 16.3. The Balaban J connectivity index is 2.09. The molecule has 1 heterocycles. The van der Waals surface area contributed by atoms with Gasteiger partial charge in [-0.05, 0) is 24.5 Å². The molecule has 4 nitrogen and oxygen atoms in total. The predicted octanol–water partition coefficient (Wildman–Crippen LogP) is 3.95. The maximum atomic E-state index is 13.2. The number of alkyl halides is 3. The summed E-state index contributed by atoms with van der Waals surface area (Å²) in [7, 11) is 1.51. The van der Waals surface area contributed by atoms with Crippen LogP contribution in [-0.4, -0.2) is 41.8 Å². The fraction of sp³-hybridized carbons (Fsp3) is 0.600. The van der Waals surface area contributed by atoms with Gasteiger partial charge in [-0.3, -0.25) is 9.59 Å². The van der Waals surface area contributed by atoms with Crippen LogP contribution in [0.25, 0.3) is 0 Å². The number of benzene rings is 1. The molecule has 0 spiro atoms. The second kappa shape index (κ2) is 7.90. The van der Waals surface area contributed by atoms with Gasteiger partial charge in [-0.15, -0.1) is 0 Å². The van der Waals surface area contributed by atoms with Gasteiger partial charge in [-0.1, -0.05) is 39.0 Å². The van der Waals surface area contributed by atoms with Gasteiger partial charge in [0.25, 0.3) is 0 Å². The summed E-state index contributed by atoms with van der Waals surface area (Å²) >= 11 is 0. The summed E-state index contributed by atoms with van der Waals surface area (Å²) in [6, 6.07) is 5.29.